The van der Waals surface area contributed by atoms with E-state index in [1.807, 2.05) is 13.0 Å². The van der Waals surface area contributed by atoms with Gasteiger partial charge < -0.3 is 53.7 Å². The number of rotatable bonds is 22. The van der Waals surface area contributed by atoms with Crippen LogP contribution in [0.1, 0.15) is 70.1 Å². The molecular weight excluding hydrogens is 793 g/mol. The number of methoxy groups -OCH3 is 1. The van der Waals surface area contributed by atoms with Crippen LogP contribution in [0.15, 0.2) is 48.3 Å². The third-order valence-electron chi connectivity index (χ3n) is 10.2. The number of carbonyl (C=O) groups is 5. The maximum Gasteiger partial charge on any atom is 0.337 e. The predicted octanol–water partition coefficient (Wildman–Crippen LogP) is 1.41. The van der Waals surface area contributed by atoms with E-state index in [0.29, 0.717) is 107 Å². The first-order valence-corrected chi connectivity index (χ1v) is 20.2. The van der Waals surface area contributed by atoms with Crippen molar-refractivity contribution in [1.29, 1.82) is 0 Å². The molecule has 3 aliphatic heterocycles. The fraction of sp³-hybridized carbons (Fsp3) is 0.512. The Balaban J connectivity index is 0.851. The average Bonchev–Trinajstić information content (AvgIpc) is 3.57. The first kappa shape index (κ1) is 46.7. The van der Waals surface area contributed by atoms with Crippen molar-refractivity contribution in [2.24, 2.45) is 17.5 Å². The minimum absolute atomic E-state index is 0.0720. The largest absolute Gasteiger partial charge is 0.465 e. The Hall–Kier alpha value is -5.39. The van der Waals surface area contributed by atoms with Crippen molar-refractivity contribution in [3.63, 3.8) is 0 Å². The number of nitrogens with one attached hydrogen (secondary N) is 1. The van der Waals surface area contributed by atoms with Crippen LogP contribution >= 0.6 is 0 Å². The molecule has 5 N–H and O–H groups in total. The third kappa shape index (κ3) is 13.1. The first-order chi connectivity index (χ1) is 29.5. The van der Waals surface area contributed by atoms with E-state index in [1.54, 1.807) is 41.4 Å². The van der Waals surface area contributed by atoms with E-state index in [1.165, 1.54) is 23.9 Å². The number of carbonyl (C=O) groups excluding carboxylic acids is 5. The van der Waals surface area contributed by atoms with E-state index >= 15 is 0 Å². The molecule has 0 radical (unpaired) electrons. The van der Waals surface area contributed by atoms with E-state index < -0.39 is 17.9 Å². The SMILES string of the molecule is COC(=O)c1ccc2c(c1)C(N(N)/C=C(\N)COCCOCCOCCOCCOCCOCC#Cc1cccc3c1CN(C1CCC(=O)NC1=O)C3=O)C(C)CN2C(C)=O. The summed E-state index contributed by atoms with van der Waals surface area (Å²) in [5.41, 5.74) is 10.4. The summed E-state index contributed by atoms with van der Waals surface area (Å²) in [7, 11) is 1.31. The second-order valence-corrected chi connectivity index (χ2v) is 14.6. The molecule has 5 rings (SSSR count). The van der Waals surface area contributed by atoms with Gasteiger partial charge in [0.15, 0.2) is 0 Å². The van der Waals surface area contributed by atoms with Crippen LogP contribution in [-0.4, -0.2) is 138 Å². The van der Waals surface area contributed by atoms with Gasteiger partial charge in [0.05, 0.1) is 97.1 Å². The number of anilines is 1. The van der Waals surface area contributed by atoms with Crippen molar-refractivity contribution in [1.82, 2.24) is 15.2 Å². The number of hydrazine groups is 1. The molecule has 61 heavy (non-hydrogen) atoms. The Kier molecular flexibility index (Phi) is 18.0. The molecule has 18 nitrogen and oxygen atoms in total. The molecule has 18 heteroatoms. The van der Waals surface area contributed by atoms with Crippen LogP contribution < -0.4 is 21.8 Å². The maximum atomic E-state index is 13.0. The number of ether oxygens (including phenoxy) is 7. The molecule has 3 unspecified atom stereocenters. The molecule has 0 aromatic heterocycles. The monoisotopic (exact) mass is 848 g/mol. The quantitative estimate of drug-likeness (QED) is 0.0381. The topological polar surface area (TPSA) is 224 Å². The molecule has 3 heterocycles. The van der Waals surface area contributed by atoms with Crippen LogP contribution in [-0.2, 0) is 54.1 Å². The van der Waals surface area contributed by atoms with Gasteiger partial charge in [-0.15, -0.1) is 0 Å². The average molecular weight is 849 g/mol. The van der Waals surface area contributed by atoms with E-state index in [2.05, 4.69) is 17.2 Å². The summed E-state index contributed by atoms with van der Waals surface area (Å²) in [5.74, 6) is 10.9. The standard InChI is InChI=1S/C43H56N6O12/c1-29-25-47(30(2)50)37-10-9-32(43(54)55-3)24-35(37)40(29)49(45)26-33(44)28-61-23-22-60-21-20-59-19-18-58-17-16-57-15-14-56-13-5-7-31-6-4-8-34-36(31)27-48(42(34)53)38-11-12-39(51)46-41(38)52/h4,6,8-10,24,26,29,38,40H,11-23,25,27-28,44-45H2,1-3H3,(H,46,51,52)/b33-26-. The van der Waals surface area contributed by atoms with E-state index in [4.69, 9.17) is 44.7 Å². The Morgan fingerprint density at radius 3 is 2.18 bits per heavy atom. The molecule has 1 fully saturated rings. The molecule has 2 aromatic rings. The zero-order chi connectivity index (χ0) is 43.7. The van der Waals surface area contributed by atoms with Crippen molar-refractivity contribution in [3.8, 4) is 11.8 Å². The van der Waals surface area contributed by atoms with Gasteiger partial charge in [-0.3, -0.25) is 24.5 Å². The number of amides is 4. The molecule has 0 aliphatic carbocycles. The Morgan fingerprint density at radius 1 is 0.918 bits per heavy atom. The van der Waals surface area contributed by atoms with Crippen molar-refractivity contribution < 1.29 is 57.1 Å². The van der Waals surface area contributed by atoms with E-state index in [-0.39, 0.29) is 55.9 Å². The molecule has 0 saturated carbocycles. The number of piperidine rings is 1. The van der Waals surface area contributed by atoms with Crippen molar-refractivity contribution in [2.45, 2.75) is 45.3 Å². The number of benzene rings is 2. The molecule has 4 amide bonds. The summed E-state index contributed by atoms with van der Waals surface area (Å²) in [6.07, 6.45) is 2.11. The van der Waals surface area contributed by atoms with Crippen LogP contribution in [0.3, 0.4) is 0 Å². The highest BCUT2D eigenvalue weighted by molar-refractivity contribution is 6.05. The van der Waals surface area contributed by atoms with Crippen molar-refractivity contribution >= 4 is 35.3 Å². The van der Waals surface area contributed by atoms with Crippen LogP contribution in [0.2, 0.25) is 0 Å². The van der Waals surface area contributed by atoms with Crippen molar-refractivity contribution in [3.05, 3.63) is 76.1 Å². The van der Waals surface area contributed by atoms with E-state index in [9.17, 15) is 24.0 Å². The highest BCUT2D eigenvalue weighted by Crippen LogP contribution is 2.40. The van der Waals surface area contributed by atoms with E-state index in [0.717, 1.165) is 11.1 Å². The van der Waals surface area contributed by atoms with Crippen LogP contribution in [0.25, 0.3) is 0 Å². The van der Waals surface area contributed by atoms with Gasteiger partial charge in [0.2, 0.25) is 17.7 Å². The Morgan fingerprint density at radius 2 is 1.56 bits per heavy atom. The van der Waals surface area contributed by atoms with Gasteiger partial charge in [-0.2, -0.15) is 0 Å². The number of nitrogens with two attached hydrogens (primary N) is 2. The third-order valence-corrected chi connectivity index (χ3v) is 10.2. The minimum Gasteiger partial charge on any atom is -0.465 e. The van der Waals surface area contributed by atoms with Gasteiger partial charge in [-0.05, 0) is 42.3 Å². The maximum absolute atomic E-state index is 13.0. The second kappa shape index (κ2) is 23.6. The normalized spacial score (nSPS) is 18.6. The van der Waals surface area contributed by atoms with Crippen molar-refractivity contribution in [2.75, 3.05) is 97.8 Å². The Labute approximate surface area is 355 Å². The summed E-state index contributed by atoms with van der Waals surface area (Å²) >= 11 is 0. The lowest BCUT2D eigenvalue weighted by atomic mass is 9.86. The highest BCUT2D eigenvalue weighted by atomic mass is 16.6. The molecule has 0 spiro atoms. The summed E-state index contributed by atoms with van der Waals surface area (Å²) in [4.78, 5) is 64.6. The minimum atomic E-state index is -0.673. The fourth-order valence-electron chi connectivity index (χ4n) is 7.28. The van der Waals surface area contributed by atoms with Gasteiger partial charge in [-0.1, -0.05) is 24.8 Å². The van der Waals surface area contributed by atoms with Gasteiger partial charge in [0.1, 0.15) is 12.6 Å². The summed E-state index contributed by atoms with van der Waals surface area (Å²) in [6, 6.07) is 9.36. The number of imide groups is 1. The lowest BCUT2D eigenvalue weighted by molar-refractivity contribution is -0.137. The van der Waals surface area contributed by atoms with Gasteiger partial charge in [0, 0.05) is 60.9 Å². The lowest BCUT2D eigenvalue weighted by Gasteiger charge is -2.42. The first-order valence-electron chi connectivity index (χ1n) is 20.2. The molecule has 1 saturated heterocycles. The molecule has 3 atom stereocenters. The van der Waals surface area contributed by atoms with Crippen LogP contribution in [0, 0.1) is 17.8 Å². The molecule has 3 aliphatic rings. The van der Waals surface area contributed by atoms with Gasteiger partial charge >= 0.3 is 5.97 Å². The number of fused-ring (bicyclic) bond motifs is 2. The lowest BCUT2D eigenvalue weighted by Crippen LogP contribution is -2.52. The number of nitrogens with zero attached hydrogens (tertiary/aromatic N) is 3. The molecule has 330 valence electrons. The summed E-state index contributed by atoms with van der Waals surface area (Å²) in [5, 5.41) is 3.81. The molecule has 0 bridgehead atoms. The number of hydrogen-bond donors (Lipinski definition) is 3. The zero-order valence-corrected chi connectivity index (χ0v) is 35.0. The molecule has 2 aromatic carbocycles. The predicted molar refractivity (Wildman–Crippen MR) is 220 cm³/mol. The van der Waals surface area contributed by atoms with Gasteiger partial charge in [0.25, 0.3) is 5.91 Å². The summed E-state index contributed by atoms with van der Waals surface area (Å²) < 4.78 is 38.3. The second-order valence-electron chi connectivity index (χ2n) is 14.6. The van der Waals surface area contributed by atoms with Crippen LogP contribution in [0.4, 0.5) is 5.69 Å². The van der Waals surface area contributed by atoms with Gasteiger partial charge in [-0.25, -0.2) is 10.6 Å². The van der Waals surface area contributed by atoms with Crippen LogP contribution in [0.5, 0.6) is 0 Å². The Bertz CT molecular complexity index is 1960. The fourth-order valence-corrected chi connectivity index (χ4v) is 7.28. The zero-order valence-electron chi connectivity index (χ0n) is 35.0. The molecular formula is C43H56N6O12. The number of esters is 1. The summed E-state index contributed by atoms with van der Waals surface area (Å²) in [6.45, 7) is 8.33. The number of hydrogen-bond acceptors (Lipinski definition) is 15. The highest BCUT2D eigenvalue weighted by Gasteiger charge is 2.40. The smallest absolute Gasteiger partial charge is 0.337 e.